The number of aromatic nitrogens is 1. The molecule has 0 bridgehead atoms. The number of ether oxygens (including phenoxy) is 4. The molecule has 2 aromatic carbocycles. The number of methoxy groups -OCH3 is 1. The zero-order valence-corrected chi connectivity index (χ0v) is 35.8. The number of hydrogen-bond acceptors (Lipinski definition) is 11. The van der Waals surface area contributed by atoms with Gasteiger partial charge in [0.1, 0.15) is 6.04 Å². The maximum Gasteiger partial charge on any atom is 0.307 e. The molecule has 3 aromatic rings. The van der Waals surface area contributed by atoms with Crippen molar-refractivity contribution in [1.82, 2.24) is 14.8 Å². The van der Waals surface area contributed by atoms with Gasteiger partial charge >= 0.3 is 5.97 Å². The van der Waals surface area contributed by atoms with Crippen LogP contribution in [0.2, 0.25) is 0 Å². The van der Waals surface area contributed by atoms with Crippen molar-refractivity contribution in [3.63, 3.8) is 0 Å². The smallest absolute Gasteiger partial charge is 0.307 e. The number of carbonyl (C=O) groups is 2. The standard InChI is InChI=1S/C43H63N3O10S/c1-31(2)12-13-39(43(49)44-38(30-41(48)52-7)36-10-9-11-37(29-36)42-33(4)26-32(3)27-34(42)5)46-17-15-35(28-40(46)47)14-16-45(6)18-19-53-20-21-54-22-23-55-24-25-56-57(8,50)51/h9-11,15,17,26-29,31,38-39H,12-14,16,18-25,30H2,1-8H3,(H,44,49)/t38-,39?/m0/s1. The lowest BCUT2D eigenvalue weighted by Gasteiger charge is -2.25. The molecule has 316 valence electrons. The molecule has 0 spiro atoms. The van der Waals surface area contributed by atoms with E-state index in [4.69, 9.17) is 18.9 Å². The number of esters is 1. The average molecular weight is 814 g/mol. The van der Waals surface area contributed by atoms with Crippen molar-refractivity contribution in [1.29, 1.82) is 0 Å². The van der Waals surface area contributed by atoms with Crippen LogP contribution in [0, 0.1) is 26.7 Å². The fourth-order valence-corrected chi connectivity index (χ4v) is 6.96. The van der Waals surface area contributed by atoms with Gasteiger partial charge in [-0.15, -0.1) is 0 Å². The van der Waals surface area contributed by atoms with Gasteiger partial charge in [0, 0.05) is 25.4 Å². The first-order chi connectivity index (χ1) is 27.1. The molecular formula is C43H63N3O10S. The van der Waals surface area contributed by atoms with Crippen LogP contribution in [0.3, 0.4) is 0 Å². The van der Waals surface area contributed by atoms with Gasteiger partial charge in [-0.05, 0) is 98.5 Å². The average Bonchev–Trinajstić information content (AvgIpc) is 3.14. The number of rotatable bonds is 26. The van der Waals surface area contributed by atoms with Crippen molar-refractivity contribution in [3.05, 3.63) is 92.9 Å². The Morgan fingerprint density at radius 3 is 2.07 bits per heavy atom. The summed E-state index contributed by atoms with van der Waals surface area (Å²) < 4.78 is 49.4. The van der Waals surface area contributed by atoms with E-state index in [1.165, 1.54) is 17.2 Å². The van der Waals surface area contributed by atoms with Crippen molar-refractivity contribution in [2.24, 2.45) is 5.92 Å². The molecule has 1 heterocycles. The van der Waals surface area contributed by atoms with E-state index in [0.717, 1.165) is 46.1 Å². The highest BCUT2D eigenvalue weighted by molar-refractivity contribution is 7.85. The highest BCUT2D eigenvalue weighted by Crippen LogP contribution is 2.31. The number of benzene rings is 2. The first-order valence-electron chi connectivity index (χ1n) is 19.6. The van der Waals surface area contributed by atoms with E-state index in [0.29, 0.717) is 64.9 Å². The largest absolute Gasteiger partial charge is 0.469 e. The summed E-state index contributed by atoms with van der Waals surface area (Å²) in [6, 6.07) is 14.3. The normalized spacial score (nSPS) is 12.9. The third-order valence-electron chi connectivity index (χ3n) is 9.51. The second-order valence-corrected chi connectivity index (χ2v) is 16.6. The highest BCUT2D eigenvalue weighted by Gasteiger charge is 2.27. The van der Waals surface area contributed by atoms with Gasteiger partial charge in [-0.3, -0.25) is 18.6 Å². The minimum absolute atomic E-state index is 0.0251. The van der Waals surface area contributed by atoms with E-state index >= 15 is 0 Å². The van der Waals surface area contributed by atoms with E-state index in [1.54, 1.807) is 12.3 Å². The lowest BCUT2D eigenvalue weighted by Crippen LogP contribution is -2.39. The molecule has 1 N–H and O–H groups in total. The summed E-state index contributed by atoms with van der Waals surface area (Å²) in [5.41, 5.74) is 6.97. The highest BCUT2D eigenvalue weighted by atomic mass is 32.2. The van der Waals surface area contributed by atoms with Crippen molar-refractivity contribution in [2.75, 3.05) is 79.8 Å². The summed E-state index contributed by atoms with van der Waals surface area (Å²) in [6.07, 6.45) is 4.47. The Morgan fingerprint density at radius 1 is 0.842 bits per heavy atom. The number of nitrogens with zero attached hydrogens (tertiary/aromatic N) is 2. The van der Waals surface area contributed by atoms with Crippen LogP contribution < -0.4 is 10.9 Å². The van der Waals surface area contributed by atoms with E-state index in [9.17, 15) is 22.8 Å². The van der Waals surface area contributed by atoms with Crippen LogP contribution in [0.4, 0.5) is 0 Å². The molecule has 14 heteroatoms. The maximum atomic E-state index is 14.2. The Hall–Kier alpha value is -3.92. The molecule has 0 saturated carbocycles. The number of hydrogen-bond donors (Lipinski definition) is 1. The lowest BCUT2D eigenvalue weighted by atomic mass is 9.91. The van der Waals surface area contributed by atoms with Crippen LogP contribution in [-0.2, 0) is 49.3 Å². The number of pyridine rings is 1. The monoisotopic (exact) mass is 813 g/mol. The van der Waals surface area contributed by atoms with Gasteiger partial charge in [-0.1, -0.05) is 49.7 Å². The molecule has 0 aliphatic rings. The lowest BCUT2D eigenvalue weighted by molar-refractivity contribution is -0.141. The predicted molar refractivity (Wildman–Crippen MR) is 222 cm³/mol. The molecule has 57 heavy (non-hydrogen) atoms. The van der Waals surface area contributed by atoms with Gasteiger partial charge in [-0.2, -0.15) is 8.42 Å². The number of amides is 1. The molecule has 13 nitrogen and oxygen atoms in total. The summed E-state index contributed by atoms with van der Waals surface area (Å²) >= 11 is 0. The van der Waals surface area contributed by atoms with Gasteiger partial charge in [0.25, 0.3) is 15.7 Å². The molecule has 2 atom stereocenters. The number of carbonyl (C=O) groups excluding carboxylic acids is 2. The number of aryl methyl sites for hydroxylation is 3. The van der Waals surface area contributed by atoms with E-state index in [2.05, 4.69) is 61.2 Å². The van der Waals surface area contributed by atoms with Crippen LogP contribution in [0.15, 0.2) is 59.5 Å². The van der Waals surface area contributed by atoms with E-state index < -0.39 is 28.2 Å². The van der Waals surface area contributed by atoms with Crippen molar-refractivity contribution in [2.45, 2.75) is 72.4 Å². The molecule has 0 aliphatic heterocycles. The molecule has 0 saturated heterocycles. The zero-order valence-electron chi connectivity index (χ0n) is 35.0. The maximum absolute atomic E-state index is 14.2. The summed E-state index contributed by atoms with van der Waals surface area (Å²) in [7, 11) is -0.140. The molecule has 1 unspecified atom stereocenters. The summed E-state index contributed by atoms with van der Waals surface area (Å²) in [4.78, 5) is 42.5. The summed E-state index contributed by atoms with van der Waals surface area (Å²) in [5, 5.41) is 3.12. The molecule has 0 radical (unpaired) electrons. The summed E-state index contributed by atoms with van der Waals surface area (Å²) in [6.45, 7) is 14.0. The topological polar surface area (TPSA) is 152 Å². The van der Waals surface area contributed by atoms with Crippen LogP contribution >= 0.6 is 0 Å². The SMILES string of the molecule is COC(=O)C[C@H](NC(=O)C(CCC(C)C)n1ccc(CCN(C)CCOCCOCCOCCOS(C)(=O)=O)cc1=O)c1cccc(-c2c(C)cc(C)cc2C)c1. The molecule has 1 aromatic heterocycles. The second kappa shape index (κ2) is 24.1. The fourth-order valence-electron chi connectivity index (χ4n) is 6.59. The Balaban J connectivity index is 1.59. The Morgan fingerprint density at radius 2 is 1.47 bits per heavy atom. The van der Waals surface area contributed by atoms with Crippen LogP contribution in [0.5, 0.6) is 0 Å². The van der Waals surface area contributed by atoms with Crippen LogP contribution in [0.25, 0.3) is 11.1 Å². The molecule has 0 aliphatic carbocycles. The quantitative estimate of drug-likeness (QED) is 0.0636. The van der Waals surface area contributed by atoms with E-state index in [-0.39, 0.29) is 31.1 Å². The number of nitrogens with one attached hydrogen (secondary N) is 1. The third-order valence-corrected chi connectivity index (χ3v) is 10.1. The minimum Gasteiger partial charge on any atom is -0.469 e. The van der Waals surface area contributed by atoms with Gasteiger partial charge in [-0.25, -0.2) is 0 Å². The van der Waals surface area contributed by atoms with Crippen molar-refractivity contribution < 1.29 is 41.1 Å². The first-order valence-corrected chi connectivity index (χ1v) is 21.4. The fraction of sp³-hybridized carbons (Fsp3) is 0.558. The molecule has 3 rings (SSSR count). The van der Waals surface area contributed by atoms with Crippen LogP contribution in [-0.4, -0.2) is 110 Å². The van der Waals surface area contributed by atoms with Gasteiger partial charge in [0.15, 0.2) is 0 Å². The Bertz CT molecular complexity index is 1870. The predicted octanol–water partition coefficient (Wildman–Crippen LogP) is 5.34. The zero-order chi connectivity index (χ0) is 42.0. The van der Waals surface area contributed by atoms with Crippen molar-refractivity contribution in [3.8, 4) is 11.1 Å². The van der Waals surface area contributed by atoms with Gasteiger partial charge in [0.2, 0.25) is 5.91 Å². The van der Waals surface area contributed by atoms with Crippen molar-refractivity contribution >= 4 is 22.0 Å². The summed E-state index contributed by atoms with van der Waals surface area (Å²) in [5.74, 6) is -0.466. The minimum atomic E-state index is -3.46. The third kappa shape index (κ3) is 17.2. The number of likely N-dealkylation sites (N-methyl/N-ethyl adjacent to an activating group) is 1. The molecular weight excluding hydrogens is 751 g/mol. The Labute approximate surface area is 339 Å². The van der Waals surface area contributed by atoms with Gasteiger partial charge < -0.3 is 33.7 Å². The first kappa shape index (κ1) is 47.5. The molecule has 1 amide bonds. The van der Waals surface area contributed by atoms with E-state index in [1.807, 2.05) is 37.4 Å². The van der Waals surface area contributed by atoms with Crippen LogP contribution in [0.1, 0.15) is 73.0 Å². The van der Waals surface area contributed by atoms with Gasteiger partial charge in [0.05, 0.1) is 72.1 Å². The molecule has 0 fully saturated rings. The second-order valence-electron chi connectivity index (χ2n) is 14.9. The Kier molecular flexibility index (Phi) is 20.1.